The van der Waals surface area contributed by atoms with E-state index >= 15 is 0 Å². The number of hydrogen-bond donors (Lipinski definition) is 0. The van der Waals surface area contributed by atoms with Crippen molar-refractivity contribution < 1.29 is 31.6 Å². The molecule has 0 unspecified atom stereocenters. The van der Waals surface area contributed by atoms with E-state index in [0.717, 1.165) is 22.3 Å². The van der Waals surface area contributed by atoms with Crippen LogP contribution in [0, 0.1) is 29.1 Å². The molecule has 0 fully saturated rings. The second-order valence-corrected chi connectivity index (χ2v) is 6.92. The van der Waals surface area contributed by atoms with Gasteiger partial charge in [-0.3, -0.25) is 9.63 Å². The molecule has 0 aliphatic rings. The first-order chi connectivity index (χ1) is 15.7. The average molecular weight is 459 g/mol. The molecule has 0 saturated carbocycles. The lowest BCUT2D eigenvalue weighted by Gasteiger charge is -2.13. The molecule has 0 saturated heterocycles. The van der Waals surface area contributed by atoms with Crippen LogP contribution in [0.3, 0.4) is 0 Å². The van der Waals surface area contributed by atoms with Gasteiger partial charge in [0, 0.05) is 12.6 Å². The van der Waals surface area contributed by atoms with Gasteiger partial charge in [-0.1, -0.05) is 54.6 Å². The maximum Gasteiger partial charge on any atom is 0.277 e. The van der Waals surface area contributed by atoms with E-state index < -0.39 is 34.6 Å². The summed E-state index contributed by atoms with van der Waals surface area (Å²) in [6.45, 7) is 0. The van der Waals surface area contributed by atoms with Gasteiger partial charge in [-0.25, -0.2) is 27.0 Å². The van der Waals surface area contributed by atoms with Gasteiger partial charge in [0.25, 0.3) is 5.91 Å². The molecule has 170 valence electrons. The van der Waals surface area contributed by atoms with Crippen LogP contribution in [-0.2, 0) is 4.84 Å². The number of rotatable bonds is 6. The fraction of sp³-hybridized carbons (Fsp3) is 0.0800. The van der Waals surface area contributed by atoms with Crippen LogP contribution >= 0.6 is 0 Å². The quantitative estimate of drug-likeness (QED) is 0.141. The number of nitrogens with zero attached hydrogens (tertiary/aromatic N) is 1. The zero-order chi connectivity index (χ0) is 24.1. The minimum absolute atomic E-state index is 0.275. The molecular weight excluding hydrogens is 441 g/mol. The van der Waals surface area contributed by atoms with E-state index in [1.165, 1.54) is 20.2 Å². The highest BCUT2D eigenvalue weighted by Gasteiger charge is 2.24. The van der Waals surface area contributed by atoms with E-state index in [-0.39, 0.29) is 5.91 Å². The molecule has 0 N–H and O–H groups in total. The zero-order valence-electron chi connectivity index (χ0n) is 17.6. The van der Waals surface area contributed by atoms with E-state index in [1.54, 1.807) is 48.5 Å². The van der Waals surface area contributed by atoms with Crippen molar-refractivity contribution >= 4 is 30.2 Å². The van der Waals surface area contributed by atoms with Crippen LogP contribution in [0.5, 0.6) is 0 Å². The van der Waals surface area contributed by atoms with Crippen LogP contribution < -0.4 is 0 Å². The van der Waals surface area contributed by atoms with Gasteiger partial charge in [0.1, 0.15) is 0 Å². The Morgan fingerprint density at radius 2 is 1.03 bits per heavy atom. The molecule has 0 heterocycles. The molecule has 1 amide bonds. The van der Waals surface area contributed by atoms with Crippen molar-refractivity contribution in [1.82, 2.24) is 5.06 Å². The normalized spacial score (nSPS) is 11.5. The van der Waals surface area contributed by atoms with E-state index in [1.807, 2.05) is 12.2 Å². The van der Waals surface area contributed by atoms with Gasteiger partial charge in [-0.2, -0.15) is 0 Å². The van der Waals surface area contributed by atoms with Crippen LogP contribution in [0.15, 0.2) is 48.5 Å². The Balaban J connectivity index is 1.71. The standard InChI is InChI=1S/C25H18F5NO2/c1-31(33-2)25(32)18-12-9-17(10-13-18)8-5-15-3-6-16(7-4-15)11-14-19-20(26)22(28)24(30)23(29)21(19)27/h3-14H,1-2H3/b8-5+,14-11+. The molecular formula is C25H18F5NO2. The van der Waals surface area contributed by atoms with Crippen molar-refractivity contribution in [2.45, 2.75) is 0 Å². The molecule has 3 aromatic carbocycles. The number of hydrogen-bond acceptors (Lipinski definition) is 2. The highest BCUT2D eigenvalue weighted by atomic mass is 19.2. The lowest BCUT2D eigenvalue weighted by molar-refractivity contribution is -0.0756. The Kier molecular flexibility index (Phi) is 7.40. The van der Waals surface area contributed by atoms with Crippen molar-refractivity contribution in [3.63, 3.8) is 0 Å². The number of halogens is 5. The lowest BCUT2D eigenvalue weighted by Crippen LogP contribution is -2.25. The lowest BCUT2D eigenvalue weighted by atomic mass is 10.1. The summed E-state index contributed by atoms with van der Waals surface area (Å²) < 4.78 is 67.2. The molecule has 8 heteroatoms. The van der Waals surface area contributed by atoms with Crippen LogP contribution in [0.2, 0.25) is 0 Å². The van der Waals surface area contributed by atoms with Gasteiger partial charge < -0.3 is 0 Å². The predicted octanol–water partition coefficient (Wildman–Crippen LogP) is 6.36. The number of benzene rings is 3. The zero-order valence-corrected chi connectivity index (χ0v) is 17.6. The Hall–Kier alpha value is -3.78. The minimum Gasteiger partial charge on any atom is -0.274 e. The van der Waals surface area contributed by atoms with Crippen molar-refractivity contribution in [3.05, 3.63) is 105 Å². The van der Waals surface area contributed by atoms with Crippen molar-refractivity contribution in [2.24, 2.45) is 0 Å². The van der Waals surface area contributed by atoms with Crippen LogP contribution in [0.1, 0.15) is 32.6 Å². The number of amides is 1. The molecule has 0 spiro atoms. The highest BCUT2D eigenvalue weighted by molar-refractivity contribution is 5.93. The summed E-state index contributed by atoms with van der Waals surface area (Å²) in [4.78, 5) is 16.9. The maximum atomic E-state index is 13.7. The van der Waals surface area contributed by atoms with Crippen molar-refractivity contribution in [1.29, 1.82) is 0 Å². The third kappa shape index (κ3) is 5.35. The van der Waals surface area contributed by atoms with Crippen molar-refractivity contribution in [3.8, 4) is 0 Å². The largest absolute Gasteiger partial charge is 0.277 e. The monoisotopic (exact) mass is 459 g/mol. The van der Waals surface area contributed by atoms with Gasteiger partial charge in [0.2, 0.25) is 5.82 Å². The van der Waals surface area contributed by atoms with E-state index in [2.05, 4.69) is 0 Å². The van der Waals surface area contributed by atoms with Crippen LogP contribution in [0.4, 0.5) is 22.0 Å². The average Bonchev–Trinajstić information content (AvgIpc) is 2.85. The van der Waals surface area contributed by atoms with Crippen LogP contribution in [0.25, 0.3) is 24.3 Å². The molecule has 0 aromatic heterocycles. The Morgan fingerprint density at radius 3 is 1.45 bits per heavy atom. The summed E-state index contributed by atoms with van der Waals surface area (Å²) >= 11 is 0. The smallest absolute Gasteiger partial charge is 0.274 e. The Bertz CT molecular complexity index is 1190. The van der Waals surface area contributed by atoms with Gasteiger partial charge in [0.15, 0.2) is 23.3 Å². The first kappa shape index (κ1) is 23.9. The first-order valence-corrected chi connectivity index (χ1v) is 9.62. The van der Waals surface area contributed by atoms with Gasteiger partial charge in [0.05, 0.1) is 12.7 Å². The molecule has 3 rings (SSSR count). The third-order valence-corrected chi connectivity index (χ3v) is 4.81. The summed E-state index contributed by atoms with van der Waals surface area (Å²) in [7, 11) is 2.91. The predicted molar refractivity (Wildman–Crippen MR) is 116 cm³/mol. The second-order valence-electron chi connectivity index (χ2n) is 6.92. The number of hydroxylamine groups is 2. The SMILES string of the molecule is CON(C)C(=O)c1ccc(/C=C/c2ccc(/C=C/c3c(F)c(F)c(F)c(F)c3F)cc2)cc1. The number of carbonyl (C=O) groups excluding carboxylic acids is 1. The Morgan fingerprint density at radius 1 is 0.667 bits per heavy atom. The van der Waals surface area contributed by atoms with Gasteiger partial charge >= 0.3 is 0 Å². The summed E-state index contributed by atoms with van der Waals surface area (Å²) in [6, 6.07) is 13.6. The van der Waals surface area contributed by atoms with Crippen LogP contribution in [-0.4, -0.2) is 25.1 Å². The summed E-state index contributed by atoms with van der Waals surface area (Å²) in [5.41, 5.74) is 1.63. The first-order valence-electron chi connectivity index (χ1n) is 9.62. The molecule has 0 bridgehead atoms. The summed E-state index contributed by atoms with van der Waals surface area (Å²) in [5, 5.41) is 1.12. The number of carbonyl (C=O) groups is 1. The third-order valence-electron chi connectivity index (χ3n) is 4.81. The molecule has 33 heavy (non-hydrogen) atoms. The van der Waals surface area contributed by atoms with Crippen molar-refractivity contribution in [2.75, 3.05) is 14.2 Å². The van der Waals surface area contributed by atoms with Gasteiger partial charge in [-0.15, -0.1) is 0 Å². The molecule has 0 aliphatic heterocycles. The second kappa shape index (κ2) is 10.2. The summed E-state index contributed by atoms with van der Waals surface area (Å²) in [5.74, 6) is -10.2. The maximum absolute atomic E-state index is 13.7. The topological polar surface area (TPSA) is 29.5 Å². The summed E-state index contributed by atoms with van der Waals surface area (Å²) in [6.07, 6.45) is 5.73. The molecule has 0 radical (unpaired) electrons. The molecule has 3 nitrogen and oxygen atoms in total. The highest BCUT2D eigenvalue weighted by Crippen LogP contribution is 2.25. The van der Waals surface area contributed by atoms with E-state index in [4.69, 9.17) is 4.84 Å². The fourth-order valence-corrected chi connectivity index (χ4v) is 2.86. The van der Waals surface area contributed by atoms with E-state index in [9.17, 15) is 26.7 Å². The fourth-order valence-electron chi connectivity index (χ4n) is 2.86. The van der Waals surface area contributed by atoms with Gasteiger partial charge in [-0.05, 0) is 34.9 Å². The minimum atomic E-state index is -2.19. The molecule has 3 aromatic rings. The Labute approximate surface area is 187 Å². The molecule has 0 atom stereocenters. The van der Waals surface area contributed by atoms with E-state index in [0.29, 0.717) is 11.1 Å². The molecule has 0 aliphatic carbocycles.